The van der Waals surface area contributed by atoms with Gasteiger partial charge >= 0.3 is 0 Å². The topological polar surface area (TPSA) is 92.5 Å². The van der Waals surface area contributed by atoms with Crippen LogP contribution in [0.5, 0.6) is 0 Å². The van der Waals surface area contributed by atoms with E-state index in [9.17, 15) is 19.0 Å². The fourth-order valence-corrected chi connectivity index (χ4v) is 4.34. The highest BCUT2D eigenvalue weighted by Crippen LogP contribution is 2.41. The molecule has 3 N–H and O–H groups in total. The van der Waals surface area contributed by atoms with E-state index in [0.717, 1.165) is 31.4 Å². The van der Waals surface area contributed by atoms with Gasteiger partial charge in [-0.25, -0.2) is 8.78 Å². The van der Waals surface area contributed by atoms with Crippen LogP contribution in [0.2, 0.25) is 0 Å². The minimum absolute atomic E-state index is 0.0792. The highest BCUT2D eigenvalue weighted by molar-refractivity contribution is 5.87. The molecule has 7 nitrogen and oxygen atoms in total. The number of hydrogen-bond acceptors (Lipinski definition) is 7. The van der Waals surface area contributed by atoms with Crippen LogP contribution < -0.4 is 5.32 Å². The first-order valence-corrected chi connectivity index (χ1v) is 9.61. The van der Waals surface area contributed by atoms with Crippen LogP contribution in [0.15, 0.2) is 5.16 Å². The van der Waals surface area contributed by atoms with Crippen molar-refractivity contribution < 1.29 is 33.3 Å². The quantitative estimate of drug-likeness (QED) is 0.603. The molecule has 0 aromatic carbocycles. The zero-order chi connectivity index (χ0) is 19.5. The number of alkyl halides is 2. The smallest absolute Gasteiger partial charge is 0.250 e. The Labute approximate surface area is 158 Å². The first-order chi connectivity index (χ1) is 12.9. The molecule has 0 amide bonds. The third-order valence-corrected chi connectivity index (χ3v) is 6.11. The highest BCUT2D eigenvalue weighted by atomic mass is 19.3. The summed E-state index contributed by atoms with van der Waals surface area (Å²) in [6.45, 7) is -0.280. The summed E-state index contributed by atoms with van der Waals surface area (Å²) in [5, 5.41) is 27.5. The first-order valence-electron chi connectivity index (χ1n) is 9.61. The van der Waals surface area contributed by atoms with Crippen molar-refractivity contribution in [2.45, 2.75) is 80.8 Å². The van der Waals surface area contributed by atoms with Gasteiger partial charge in [0.1, 0.15) is 11.2 Å². The van der Waals surface area contributed by atoms with Crippen LogP contribution in [-0.2, 0) is 14.3 Å². The van der Waals surface area contributed by atoms with Gasteiger partial charge in [-0.05, 0) is 25.7 Å². The van der Waals surface area contributed by atoms with Crippen LogP contribution >= 0.6 is 0 Å². The van der Waals surface area contributed by atoms with Crippen molar-refractivity contribution in [3.63, 3.8) is 0 Å². The van der Waals surface area contributed by atoms with Gasteiger partial charge in [-0.15, -0.1) is 0 Å². The van der Waals surface area contributed by atoms with Crippen LogP contribution in [0.25, 0.3) is 0 Å². The predicted octanol–water partition coefficient (Wildman–Crippen LogP) is 1.22. The molecule has 3 aliphatic rings. The molecule has 1 saturated heterocycles. The molecule has 1 spiro atoms. The molecule has 3 unspecified atom stereocenters. The summed E-state index contributed by atoms with van der Waals surface area (Å²) in [5.41, 5.74) is -0.722. The molecule has 0 bridgehead atoms. The summed E-state index contributed by atoms with van der Waals surface area (Å²) in [6.07, 6.45) is 0.921. The fraction of sp³-hybridized carbons (Fsp3) is 0.944. The van der Waals surface area contributed by atoms with E-state index in [2.05, 4.69) is 10.5 Å². The lowest BCUT2D eigenvalue weighted by Crippen LogP contribution is -2.56. The van der Waals surface area contributed by atoms with Gasteiger partial charge in [-0.3, -0.25) is 0 Å². The summed E-state index contributed by atoms with van der Waals surface area (Å²) in [6, 6.07) is 0.0792. The number of halogens is 2. The number of methoxy groups -OCH3 is 1. The van der Waals surface area contributed by atoms with E-state index in [-0.39, 0.29) is 25.3 Å². The number of nitrogens with zero attached hydrogens (tertiary/aromatic N) is 1. The van der Waals surface area contributed by atoms with Crippen LogP contribution in [0.3, 0.4) is 0 Å². The molecule has 156 valence electrons. The molecule has 2 fully saturated rings. The van der Waals surface area contributed by atoms with E-state index in [1.807, 2.05) is 0 Å². The Kier molecular flexibility index (Phi) is 6.68. The summed E-state index contributed by atoms with van der Waals surface area (Å²) < 4.78 is 35.7. The van der Waals surface area contributed by atoms with Crippen molar-refractivity contribution in [2.24, 2.45) is 5.16 Å². The van der Waals surface area contributed by atoms with Crippen molar-refractivity contribution in [3.05, 3.63) is 0 Å². The third-order valence-electron chi connectivity index (χ3n) is 6.11. The van der Waals surface area contributed by atoms with Crippen molar-refractivity contribution in [1.82, 2.24) is 5.32 Å². The molecular weight excluding hydrogens is 362 g/mol. The number of oxime groups is 1. The molecule has 27 heavy (non-hydrogen) atoms. The number of ether oxygens (including phenoxy) is 2. The molecule has 0 radical (unpaired) electrons. The molecule has 9 heteroatoms. The number of nitrogens with one attached hydrogen (secondary N) is 1. The van der Waals surface area contributed by atoms with E-state index in [0.29, 0.717) is 25.9 Å². The van der Waals surface area contributed by atoms with Gasteiger partial charge in [0, 0.05) is 32.4 Å². The van der Waals surface area contributed by atoms with Gasteiger partial charge < -0.3 is 29.8 Å². The van der Waals surface area contributed by atoms with Crippen LogP contribution in [0.1, 0.15) is 44.9 Å². The monoisotopic (exact) mass is 392 g/mol. The Morgan fingerprint density at radius 2 is 2.11 bits per heavy atom. The van der Waals surface area contributed by atoms with Gasteiger partial charge in [0.05, 0.1) is 37.7 Å². The molecule has 1 aliphatic carbocycles. The van der Waals surface area contributed by atoms with Crippen molar-refractivity contribution in [3.8, 4) is 0 Å². The normalized spacial score (nSPS) is 39.6. The Bertz CT molecular complexity index is 528. The molecule has 3 rings (SSSR count). The first kappa shape index (κ1) is 20.9. The Balaban J connectivity index is 1.52. The number of rotatable bonds is 7. The maximum absolute atomic E-state index is 12.3. The second-order valence-corrected chi connectivity index (χ2v) is 8.00. The summed E-state index contributed by atoms with van der Waals surface area (Å²) in [5.74, 6) is 0. The molecule has 2 aliphatic heterocycles. The minimum atomic E-state index is -2.34. The number of aliphatic hydroxyl groups excluding tert-OH is 2. The second-order valence-electron chi connectivity index (χ2n) is 8.00. The largest absolute Gasteiger partial charge is 0.393 e. The van der Waals surface area contributed by atoms with Crippen molar-refractivity contribution in [2.75, 3.05) is 26.9 Å². The Hall–Kier alpha value is -0.870. The molecule has 0 aromatic heterocycles. The lowest BCUT2D eigenvalue weighted by molar-refractivity contribution is -0.204. The fourth-order valence-electron chi connectivity index (χ4n) is 4.34. The lowest BCUT2D eigenvalue weighted by Gasteiger charge is -2.42. The maximum atomic E-state index is 12.3. The second kappa shape index (κ2) is 8.65. The molecular formula is C18H30F2N2O5. The van der Waals surface area contributed by atoms with Crippen LogP contribution in [0, 0.1) is 0 Å². The van der Waals surface area contributed by atoms with E-state index in [1.54, 1.807) is 7.11 Å². The number of aliphatic hydroxyl groups is 2. The average Bonchev–Trinajstić information content (AvgIpc) is 3.05. The number of hydrogen-bond donors (Lipinski definition) is 3. The van der Waals surface area contributed by atoms with E-state index < -0.39 is 23.7 Å². The van der Waals surface area contributed by atoms with Gasteiger partial charge in [0.15, 0.2) is 0 Å². The van der Waals surface area contributed by atoms with Gasteiger partial charge in [-0.1, -0.05) is 5.16 Å². The van der Waals surface area contributed by atoms with Crippen LogP contribution in [-0.4, -0.2) is 78.7 Å². The SMILES string of the molecule is COC1COC(CO)(CC2=NOC3(CCC(NCC(F)F)CC3)C2)C(O)C1. The third kappa shape index (κ3) is 4.76. The van der Waals surface area contributed by atoms with Gasteiger partial charge in [0.2, 0.25) is 0 Å². The molecule has 2 heterocycles. The molecule has 1 saturated carbocycles. The summed E-state index contributed by atoms with van der Waals surface area (Å²) >= 11 is 0. The van der Waals surface area contributed by atoms with Crippen molar-refractivity contribution >= 4 is 5.71 Å². The predicted molar refractivity (Wildman–Crippen MR) is 93.9 cm³/mol. The summed E-state index contributed by atoms with van der Waals surface area (Å²) in [4.78, 5) is 5.75. The minimum Gasteiger partial charge on any atom is -0.393 e. The van der Waals surface area contributed by atoms with E-state index in [1.165, 1.54) is 0 Å². The Morgan fingerprint density at radius 3 is 2.70 bits per heavy atom. The standard InChI is InChI=1S/C18H30F2N2O5/c1-25-14-6-15(24)18(11-23,26-10-14)8-13-7-17(27-22-13)4-2-12(3-5-17)21-9-16(19)20/h12,14-16,21,23-24H,2-11H2,1H3. The zero-order valence-corrected chi connectivity index (χ0v) is 15.7. The average molecular weight is 392 g/mol. The van der Waals surface area contributed by atoms with Crippen molar-refractivity contribution in [1.29, 1.82) is 0 Å². The van der Waals surface area contributed by atoms with E-state index in [4.69, 9.17) is 14.3 Å². The lowest BCUT2D eigenvalue weighted by atomic mass is 9.77. The zero-order valence-electron chi connectivity index (χ0n) is 15.7. The van der Waals surface area contributed by atoms with Crippen LogP contribution in [0.4, 0.5) is 8.78 Å². The molecule has 0 aromatic rings. The van der Waals surface area contributed by atoms with Gasteiger partial charge in [0.25, 0.3) is 6.43 Å². The maximum Gasteiger partial charge on any atom is 0.250 e. The summed E-state index contributed by atoms with van der Waals surface area (Å²) in [7, 11) is 1.57. The highest BCUT2D eigenvalue weighted by Gasteiger charge is 2.49. The van der Waals surface area contributed by atoms with E-state index >= 15 is 0 Å². The Morgan fingerprint density at radius 1 is 1.37 bits per heavy atom. The molecule has 3 atom stereocenters. The van der Waals surface area contributed by atoms with Gasteiger partial charge in [-0.2, -0.15) is 0 Å².